The standard InChI is InChI=1S/C29H25N3O4S/c1-35-24-14-13-21(17-25(24)36-2)18-26-28(34)32(22-11-7-4-8-12-22)29(37-26)23(19-30)27(33)31-16-15-20-9-5-3-6-10-20/h3-14,17-18H,15-16H2,1-2H3,(H,31,33). The molecule has 4 aromatic rings. The smallest absolute Gasteiger partial charge is 0.273 e. The number of carbonyl (C=O) groups excluding carboxylic acids is 1. The number of hydrogen-bond donors (Lipinski definition) is 1. The zero-order chi connectivity index (χ0) is 26.2. The highest BCUT2D eigenvalue weighted by molar-refractivity contribution is 7.07. The van der Waals surface area contributed by atoms with Crippen LogP contribution in [0.5, 0.6) is 11.5 Å². The van der Waals surface area contributed by atoms with Crippen molar-refractivity contribution in [3.8, 4) is 23.3 Å². The highest BCUT2D eigenvalue weighted by Crippen LogP contribution is 2.27. The van der Waals surface area contributed by atoms with Gasteiger partial charge in [0, 0.05) is 6.54 Å². The number of hydrogen-bond acceptors (Lipinski definition) is 6. The van der Waals surface area contributed by atoms with E-state index in [4.69, 9.17) is 9.47 Å². The van der Waals surface area contributed by atoms with Gasteiger partial charge in [0.15, 0.2) is 17.1 Å². The molecule has 1 aromatic heterocycles. The lowest BCUT2D eigenvalue weighted by Gasteiger charge is -2.07. The number of nitrogens with one attached hydrogen (secondary N) is 1. The summed E-state index contributed by atoms with van der Waals surface area (Å²) in [5, 5.41) is 12.8. The highest BCUT2D eigenvalue weighted by atomic mass is 32.1. The lowest BCUT2D eigenvalue weighted by atomic mass is 10.1. The quantitative estimate of drug-likeness (QED) is 0.393. The van der Waals surface area contributed by atoms with Crippen molar-refractivity contribution in [3.05, 3.63) is 110 Å². The van der Waals surface area contributed by atoms with Crippen LogP contribution in [0.1, 0.15) is 11.1 Å². The van der Waals surface area contributed by atoms with E-state index in [2.05, 4.69) is 5.32 Å². The lowest BCUT2D eigenvalue weighted by Crippen LogP contribution is -2.34. The molecule has 0 bridgehead atoms. The van der Waals surface area contributed by atoms with Crippen molar-refractivity contribution in [1.29, 1.82) is 5.26 Å². The van der Waals surface area contributed by atoms with Gasteiger partial charge in [-0.3, -0.25) is 14.2 Å². The molecule has 0 spiro atoms. The fourth-order valence-corrected chi connectivity index (χ4v) is 4.91. The minimum Gasteiger partial charge on any atom is -0.493 e. The van der Waals surface area contributed by atoms with E-state index in [0.717, 1.165) is 16.9 Å². The number of amides is 1. The zero-order valence-corrected chi connectivity index (χ0v) is 21.2. The van der Waals surface area contributed by atoms with Crippen molar-refractivity contribution < 1.29 is 14.3 Å². The molecule has 0 aliphatic rings. The number of benzene rings is 3. The number of ether oxygens (including phenoxy) is 2. The van der Waals surface area contributed by atoms with E-state index in [0.29, 0.717) is 40.2 Å². The van der Waals surface area contributed by atoms with E-state index in [9.17, 15) is 14.9 Å². The topological polar surface area (TPSA) is 93.4 Å². The second-order valence-electron chi connectivity index (χ2n) is 7.98. The van der Waals surface area contributed by atoms with Crippen LogP contribution < -0.4 is 29.5 Å². The van der Waals surface area contributed by atoms with Crippen molar-refractivity contribution >= 4 is 28.9 Å². The fraction of sp³-hybridized carbons (Fsp3) is 0.138. The molecule has 1 N–H and O–H groups in total. The van der Waals surface area contributed by atoms with Gasteiger partial charge in [-0.05, 0) is 47.9 Å². The summed E-state index contributed by atoms with van der Waals surface area (Å²) in [5.74, 6) is 0.570. The number of nitriles is 1. The van der Waals surface area contributed by atoms with Crippen molar-refractivity contribution in [2.75, 3.05) is 20.8 Å². The minimum absolute atomic E-state index is 0.119. The van der Waals surface area contributed by atoms with Crippen molar-refractivity contribution in [2.45, 2.75) is 6.42 Å². The SMILES string of the molecule is COc1ccc(C=c2sc(=C(C#N)C(=O)NCCc3ccccc3)n(-c3ccccc3)c2=O)cc1OC. The summed E-state index contributed by atoms with van der Waals surface area (Å²) in [6.07, 6.45) is 2.33. The molecule has 0 atom stereocenters. The van der Waals surface area contributed by atoms with Crippen LogP contribution in [0, 0.1) is 11.3 Å². The van der Waals surface area contributed by atoms with Crippen LogP contribution >= 0.6 is 11.3 Å². The third-order valence-corrected chi connectivity index (χ3v) is 6.73. The predicted octanol–water partition coefficient (Wildman–Crippen LogP) is 2.78. The molecule has 1 amide bonds. The molecule has 8 heteroatoms. The molecule has 0 saturated heterocycles. The average molecular weight is 512 g/mol. The van der Waals surface area contributed by atoms with E-state index >= 15 is 0 Å². The molecule has 186 valence electrons. The number of para-hydroxylation sites is 1. The second-order valence-corrected chi connectivity index (χ2v) is 9.02. The summed E-state index contributed by atoms with van der Waals surface area (Å²) in [7, 11) is 3.09. The molecule has 0 aliphatic heterocycles. The van der Waals surface area contributed by atoms with Gasteiger partial charge in [0.1, 0.15) is 10.7 Å². The summed E-state index contributed by atoms with van der Waals surface area (Å²) < 4.78 is 12.7. The van der Waals surface area contributed by atoms with Gasteiger partial charge in [-0.25, -0.2) is 0 Å². The van der Waals surface area contributed by atoms with Crippen LogP contribution in [0.25, 0.3) is 17.3 Å². The van der Waals surface area contributed by atoms with Gasteiger partial charge in [-0.1, -0.05) is 54.6 Å². The number of methoxy groups -OCH3 is 2. The molecule has 0 radical (unpaired) electrons. The summed E-state index contributed by atoms with van der Waals surface area (Å²) in [6, 6.07) is 26.0. The normalized spacial score (nSPS) is 12.0. The number of aromatic nitrogens is 1. The maximum Gasteiger partial charge on any atom is 0.273 e. The van der Waals surface area contributed by atoms with Crippen LogP contribution in [0.4, 0.5) is 0 Å². The van der Waals surface area contributed by atoms with E-state index in [1.54, 1.807) is 55.7 Å². The maximum absolute atomic E-state index is 13.5. The molecule has 37 heavy (non-hydrogen) atoms. The highest BCUT2D eigenvalue weighted by Gasteiger charge is 2.17. The second kappa shape index (κ2) is 11.9. The van der Waals surface area contributed by atoms with Gasteiger partial charge >= 0.3 is 0 Å². The maximum atomic E-state index is 13.5. The first kappa shape index (κ1) is 25.5. The molecule has 7 nitrogen and oxygen atoms in total. The molecular formula is C29H25N3O4S. The third-order valence-electron chi connectivity index (χ3n) is 5.64. The largest absolute Gasteiger partial charge is 0.493 e. The molecule has 3 aromatic carbocycles. The monoisotopic (exact) mass is 511 g/mol. The Morgan fingerprint density at radius 1 is 1.00 bits per heavy atom. The summed E-state index contributed by atoms with van der Waals surface area (Å²) in [4.78, 5) is 26.6. The number of carbonyl (C=O) groups is 1. The van der Waals surface area contributed by atoms with E-state index in [-0.39, 0.29) is 15.8 Å². The Bertz CT molecular complexity index is 1620. The van der Waals surface area contributed by atoms with Crippen molar-refractivity contribution in [2.24, 2.45) is 0 Å². The van der Waals surface area contributed by atoms with Crippen LogP contribution in [0.15, 0.2) is 83.7 Å². The lowest BCUT2D eigenvalue weighted by molar-refractivity contribution is -0.115. The van der Waals surface area contributed by atoms with Gasteiger partial charge in [0.2, 0.25) is 0 Å². The van der Waals surface area contributed by atoms with E-state index in [1.165, 1.54) is 11.7 Å². The Labute approximate surface area is 218 Å². The summed E-state index contributed by atoms with van der Waals surface area (Å²) in [5.41, 5.74) is 1.91. The molecule has 1 heterocycles. The summed E-state index contributed by atoms with van der Waals surface area (Å²) in [6.45, 7) is 0.361. The van der Waals surface area contributed by atoms with E-state index < -0.39 is 5.91 Å². The molecular weight excluding hydrogens is 486 g/mol. The molecule has 0 unspecified atom stereocenters. The Balaban J connectivity index is 1.81. The van der Waals surface area contributed by atoms with Crippen LogP contribution in [0.3, 0.4) is 0 Å². The predicted molar refractivity (Wildman–Crippen MR) is 144 cm³/mol. The van der Waals surface area contributed by atoms with Crippen LogP contribution in [-0.2, 0) is 11.2 Å². The Morgan fingerprint density at radius 2 is 1.68 bits per heavy atom. The Morgan fingerprint density at radius 3 is 2.32 bits per heavy atom. The first-order chi connectivity index (χ1) is 18.0. The van der Waals surface area contributed by atoms with Gasteiger partial charge in [-0.2, -0.15) is 5.26 Å². The third kappa shape index (κ3) is 5.80. The number of nitrogens with zero attached hydrogens (tertiary/aromatic N) is 2. The van der Waals surface area contributed by atoms with Crippen LogP contribution in [0.2, 0.25) is 0 Å². The fourth-order valence-electron chi connectivity index (χ4n) is 3.80. The van der Waals surface area contributed by atoms with Gasteiger partial charge in [0.25, 0.3) is 11.5 Å². The van der Waals surface area contributed by atoms with Crippen molar-refractivity contribution in [3.63, 3.8) is 0 Å². The van der Waals surface area contributed by atoms with Crippen molar-refractivity contribution in [1.82, 2.24) is 9.88 Å². The first-order valence-electron chi connectivity index (χ1n) is 11.5. The van der Waals surface area contributed by atoms with Gasteiger partial charge < -0.3 is 14.8 Å². The summed E-state index contributed by atoms with van der Waals surface area (Å²) >= 11 is 1.09. The Kier molecular flexibility index (Phi) is 8.18. The molecule has 4 rings (SSSR count). The molecule has 0 saturated carbocycles. The first-order valence-corrected chi connectivity index (χ1v) is 12.3. The molecule has 0 aliphatic carbocycles. The zero-order valence-electron chi connectivity index (χ0n) is 20.4. The van der Waals surface area contributed by atoms with E-state index in [1.807, 2.05) is 42.5 Å². The minimum atomic E-state index is -0.526. The average Bonchev–Trinajstić information content (AvgIpc) is 3.25. The van der Waals surface area contributed by atoms with Crippen LogP contribution in [-0.4, -0.2) is 31.2 Å². The van der Waals surface area contributed by atoms with Gasteiger partial charge in [0.05, 0.1) is 24.4 Å². The van der Waals surface area contributed by atoms with Gasteiger partial charge in [-0.15, -0.1) is 11.3 Å². The number of rotatable bonds is 8. The Hall–Kier alpha value is -4.61. The molecule has 0 fully saturated rings. The number of thiazole rings is 1.